The fourth-order valence-electron chi connectivity index (χ4n) is 2.39. The lowest BCUT2D eigenvalue weighted by Crippen LogP contribution is -2.43. The second kappa shape index (κ2) is 9.58. The lowest BCUT2D eigenvalue weighted by molar-refractivity contribution is -0.120. The van der Waals surface area contributed by atoms with Gasteiger partial charge in [-0.15, -0.1) is 0 Å². The zero-order valence-electron chi connectivity index (χ0n) is 14.6. The molecule has 7 heteroatoms. The summed E-state index contributed by atoms with van der Waals surface area (Å²) in [5.74, 6) is 0.499. The van der Waals surface area contributed by atoms with E-state index < -0.39 is 6.03 Å². The zero-order chi connectivity index (χ0) is 18.1. The monoisotopic (exact) mass is 344 g/mol. The molecular formula is C18H24N4O3. The van der Waals surface area contributed by atoms with Crippen molar-refractivity contribution in [2.24, 2.45) is 0 Å². The van der Waals surface area contributed by atoms with Gasteiger partial charge in [-0.25, -0.2) is 4.79 Å². The smallest absolute Gasteiger partial charge is 0.321 e. The van der Waals surface area contributed by atoms with E-state index in [1.165, 1.54) is 0 Å². The second-order valence-electron chi connectivity index (χ2n) is 5.79. The van der Waals surface area contributed by atoms with Gasteiger partial charge in [0.2, 0.25) is 5.91 Å². The second-order valence-corrected chi connectivity index (χ2v) is 5.79. The van der Waals surface area contributed by atoms with Crippen molar-refractivity contribution in [2.45, 2.75) is 19.8 Å². The number of hydrogen-bond donors (Lipinski definition) is 2. The van der Waals surface area contributed by atoms with E-state index in [1.54, 1.807) is 6.92 Å². The molecule has 7 nitrogen and oxygen atoms in total. The highest BCUT2D eigenvalue weighted by atomic mass is 16.5. The summed E-state index contributed by atoms with van der Waals surface area (Å²) in [5.41, 5.74) is 1.85. The fourth-order valence-corrected chi connectivity index (χ4v) is 2.39. The van der Waals surface area contributed by atoms with Crippen molar-refractivity contribution >= 4 is 11.9 Å². The number of hydrogen-bond acceptors (Lipinski definition) is 5. The lowest BCUT2D eigenvalue weighted by Gasteiger charge is -2.15. The van der Waals surface area contributed by atoms with Crippen molar-refractivity contribution in [3.05, 3.63) is 42.2 Å². The number of amides is 3. The number of aryl methyl sites for hydroxylation is 1. The molecular weight excluding hydrogens is 320 g/mol. The Hall–Kier alpha value is -2.67. The Kier molecular flexibility index (Phi) is 7.16. The van der Waals surface area contributed by atoms with E-state index in [1.807, 2.05) is 48.3 Å². The summed E-state index contributed by atoms with van der Waals surface area (Å²) in [6.07, 6.45) is 1.57. The van der Waals surface area contributed by atoms with Gasteiger partial charge in [0.1, 0.15) is 11.5 Å². The summed E-state index contributed by atoms with van der Waals surface area (Å²) >= 11 is 0. The molecule has 3 amide bonds. The average Bonchev–Trinajstić information content (AvgIpc) is 3.04. The standard InChI is InChI=1S/C18H24N4O3/c1-3-19-18(24)20-17(23)13-22(2)11-7-10-15-12-16(21-25-15)14-8-5-4-6-9-14/h4-6,8-9,12H,3,7,10-11,13H2,1-2H3,(H2,19,20,23,24). The normalized spacial score (nSPS) is 10.7. The molecule has 25 heavy (non-hydrogen) atoms. The van der Waals surface area contributed by atoms with Gasteiger partial charge in [-0.1, -0.05) is 35.5 Å². The third kappa shape index (κ3) is 6.39. The summed E-state index contributed by atoms with van der Waals surface area (Å²) in [5, 5.41) is 8.89. The van der Waals surface area contributed by atoms with Crippen LogP contribution in [0.5, 0.6) is 0 Å². The van der Waals surface area contributed by atoms with E-state index in [4.69, 9.17) is 4.52 Å². The SMILES string of the molecule is CCNC(=O)NC(=O)CN(C)CCCc1cc(-c2ccccc2)no1. The van der Waals surface area contributed by atoms with Crippen molar-refractivity contribution in [1.29, 1.82) is 0 Å². The van der Waals surface area contributed by atoms with Crippen LogP contribution in [-0.2, 0) is 11.2 Å². The molecule has 0 aliphatic heterocycles. The molecule has 0 aliphatic carbocycles. The van der Waals surface area contributed by atoms with Gasteiger partial charge in [0.05, 0.1) is 6.54 Å². The van der Waals surface area contributed by atoms with Gasteiger partial charge >= 0.3 is 6.03 Å². The molecule has 2 aromatic rings. The van der Waals surface area contributed by atoms with Crippen LogP contribution in [0.4, 0.5) is 4.79 Å². The Labute approximate surface area is 147 Å². The van der Waals surface area contributed by atoms with Gasteiger partial charge in [-0.05, 0) is 26.9 Å². The highest BCUT2D eigenvalue weighted by Crippen LogP contribution is 2.19. The van der Waals surface area contributed by atoms with E-state index in [0.29, 0.717) is 13.1 Å². The number of nitrogens with zero attached hydrogens (tertiary/aromatic N) is 2. The van der Waals surface area contributed by atoms with Crippen LogP contribution >= 0.6 is 0 Å². The Balaban J connectivity index is 1.71. The molecule has 0 spiro atoms. The number of rotatable bonds is 8. The molecule has 0 fully saturated rings. The molecule has 0 saturated carbocycles. The van der Waals surface area contributed by atoms with Gasteiger partial charge in [0.25, 0.3) is 0 Å². The van der Waals surface area contributed by atoms with Gasteiger partial charge in [0, 0.05) is 24.6 Å². The number of carbonyl (C=O) groups excluding carboxylic acids is 2. The first kappa shape index (κ1) is 18.7. The van der Waals surface area contributed by atoms with Crippen molar-refractivity contribution < 1.29 is 14.1 Å². The van der Waals surface area contributed by atoms with Crippen LogP contribution in [0.15, 0.2) is 40.9 Å². The minimum atomic E-state index is -0.462. The van der Waals surface area contributed by atoms with Gasteiger partial charge < -0.3 is 9.84 Å². The number of benzene rings is 1. The van der Waals surface area contributed by atoms with Gasteiger partial charge in [-0.2, -0.15) is 0 Å². The molecule has 1 heterocycles. The maximum atomic E-state index is 11.7. The molecule has 0 radical (unpaired) electrons. The summed E-state index contributed by atoms with van der Waals surface area (Å²) in [4.78, 5) is 24.8. The average molecular weight is 344 g/mol. The van der Waals surface area contributed by atoms with Gasteiger partial charge in [0.15, 0.2) is 0 Å². The highest BCUT2D eigenvalue weighted by Gasteiger charge is 2.11. The number of carbonyl (C=O) groups is 2. The minimum Gasteiger partial charge on any atom is -0.361 e. The van der Waals surface area contributed by atoms with Crippen LogP contribution in [0.2, 0.25) is 0 Å². The Morgan fingerprint density at radius 3 is 2.72 bits per heavy atom. The van der Waals surface area contributed by atoms with Crippen LogP contribution in [0.1, 0.15) is 19.1 Å². The number of aromatic nitrogens is 1. The van der Waals surface area contributed by atoms with Crippen LogP contribution in [-0.4, -0.2) is 48.7 Å². The minimum absolute atomic E-state index is 0.169. The van der Waals surface area contributed by atoms with E-state index >= 15 is 0 Å². The molecule has 0 unspecified atom stereocenters. The van der Waals surface area contributed by atoms with Crippen molar-refractivity contribution in [3.63, 3.8) is 0 Å². The summed E-state index contributed by atoms with van der Waals surface area (Å²) < 4.78 is 5.36. The van der Waals surface area contributed by atoms with Crippen molar-refractivity contribution in [2.75, 3.05) is 26.7 Å². The summed E-state index contributed by atoms with van der Waals surface area (Å²) in [7, 11) is 1.84. The summed E-state index contributed by atoms with van der Waals surface area (Å²) in [6, 6.07) is 11.3. The predicted molar refractivity (Wildman–Crippen MR) is 95.0 cm³/mol. The van der Waals surface area contributed by atoms with E-state index in [2.05, 4.69) is 15.8 Å². The maximum Gasteiger partial charge on any atom is 0.321 e. The Bertz CT molecular complexity index is 685. The van der Waals surface area contributed by atoms with Crippen LogP contribution < -0.4 is 10.6 Å². The Morgan fingerprint density at radius 2 is 2.00 bits per heavy atom. The molecule has 1 aromatic carbocycles. The molecule has 134 valence electrons. The zero-order valence-corrected chi connectivity index (χ0v) is 14.6. The Morgan fingerprint density at radius 1 is 1.24 bits per heavy atom. The number of urea groups is 1. The first-order valence-corrected chi connectivity index (χ1v) is 8.35. The maximum absolute atomic E-state index is 11.7. The molecule has 1 aromatic heterocycles. The fraction of sp³-hybridized carbons (Fsp3) is 0.389. The molecule has 0 atom stereocenters. The van der Waals surface area contributed by atoms with E-state index in [0.717, 1.165) is 29.9 Å². The van der Waals surface area contributed by atoms with Crippen LogP contribution in [0, 0.1) is 0 Å². The quantitative estimate of drug-likeness (QED) is 0.765. The number of nitrogens with one attached hydrogen (secondary N) is 2. The number of likely N-dealkylation sites (N-methyl/N-ethyl adjacent to an activating group) is 1. The van der Waals surface area contributed by atoms with Crippen LogP contribution in [0.3, 0.4) is 0 Å². The lowest BCUT2D eigenvalue weighted by atomic mass is 10.1. The van der Waals surface area contributed by atoms with Crippen LogP contribution in [0.25, 0.3) is 11.3 Å². The van der Waals surface area contributed by atoms with Crippen molar-refractivity contribution in [1.82, 2.24) is 20.7 Å². The molecule has 2 N–H and O–H groups in total. The van der Waals surface area contributed by atoms with Crippen molar-refractivity contribution in [3.8, 4) is 11.3 Å². The largest absolute Gasteiger partial charge is 0.361 e. The number of imide groups is 1. The molecule has 0 aliphatic rings. The molecule has 2 rings (SSSR count). The van der Waals surface area contributed by atoms with E-state index in [9.17, 15) is 9.59 Å². The van der Waals surface area contributed by atoms with E-state index in [-0.39, 0.29) is 12.5 Å². The predicted octanol–water partition coefficient (Wildman–Crippen LogP) is 2.05. The summed E-state index contributed by atoms with van der Waals surface area (Å²) in [6.45, 7) is 3.16. The topological polar surface area (TPSA) is 87.5 Å². The van der Waals surface area contributed by atoms with Gasteiger partial charge in [-0.3, -0.25) is 15.0 Å². The molecule has 0 bridgehead atoms. The molecule has 0 saturated heterocycles. The first-order valence-electron chi connectivity index (χ1n) is 8.35. The first-order chi connectivity index (χ1) is 12.1. The third-order valence-corrected chi connectivity index (χ3v) is 3.60. The highest BCUT2D eigenvalue weighted by molar-refractivity contribution is 5.95. The third-order valence-electron chi connectivity index (χ3n) is 3.60.